The average molecular weight is 377 g/mol. The molecule has 114 valence electrons. The highest BCUT2D eigenvalue weighted by molar-refractivity contribution is 9.10. The van der Waals surface area contributed by atoms with E-state index in [0.29, 0.717) is 28.1 Å². The number of carbonyl (C=O) groups excluding carboxylic acids is 1. The highest BCUT2D eigenvalue weighted by atomic mass is 79.9. The van der Waals surface area contributed by atoms with Crippen molar-refractivity contribution in [3.8, 4) is 5.75 Å². The molecule has 0 heterocycles. The van der Waals surface area contributed by atoms with Crippen LogP contribution in [-0.4, -0.2) is 29.1 Å². The Kier molecular flexibility index (Phi) is 5.11. The molecule has 7 heteroatoms. The van der Waals surface area contributed by atoms with E-state index in [9.17, 15) is 14.7 Å². The number of hydrogen-bond donors (Lipinski definition) is 2. The van der Waals surface area contributed by atoms with Gasteiger partial charge in [-0.1, -0.05) is 24.4 Å². The van der Waals surface area contributed by atoms with Gasteiger partial charge >= 0.3 is 5.97 Å². The van der Waals surface area contributed by atoms with E-state index in [0.717, 1.165) is 12.8 Å². The second kappa shape index (κ2) is 6.66. The minimum absolute atomic E-state index is 0.241. The summed E-state index contributed by atoms with van der Waals surface area (Å²) in [5.41, 5.74) is -1.14. The van der Waals surface area contributed by atoms with Crippen LogP contribution in [0.2, 0.25) is 5.02 Å². The lowest BCUT2D eigenvalue weighted by Gasteiger charge is -2.25. The summed E-state index contributed by atoms with van der Waals surface area (Å²) in [4.78, 5) is 23.3. The van der Waals surface area contributed by atoms with Crippen molar-refractivity contribution in [2.75, 3.05) is 6.61 Å². The Labute approximate surface area is 135 Å². The van der Waals surface area contributed by atoms with Crippen LogP contribution in [0.5, 0.6) is 5.75 Å². The van der Waals surface area contributed by atoms with Gasteiger partial charge in [-0.05, 0) is 47.0 Å². The monoisotopic (exact) mass is 375 g/mol. The normalized spacial score (nSPS) is 16.5. The van der Waals surface area contributed by atoms with Crippen LogP contribution < -0.4 is 10.1 Å². The molecule has 5 nitrogen and oxygen atoms in total. The number of rotatable bonds is 5. The van der Waals surface area contributed by atoms with Crippen LogP contribution in [0.25, 0.3) is 0 Å². The quantitative estimate of drug-likeness (QED) is 0.828. The molecular weight excluding hydrogens is 362 g/mol. The molecule has 1 aliphatic carbocycles. The number of halogens is 2. The first-order valence-corrected chi connectivity index (χ1v) is 7.72. The van der Waals surface area contributed by atoms with Crippen LogP contribution in [0.1, 0.15) is 25.7 Å². The minimum Gasteiger partial charge on any atom is -0.483 e. The van der Waals surface area contributed by atoms with E-state index in [1.165, 1.54) is 0 Å². The number of benzene rings is 1. The van der Waals surface area contributed by atoms with Crippen molar-refractivity contribution in [1.82, 2.24) is 5.32 Å². The Hall–Kier alpha value is -1.27. The second-order valence-corrected chi connectivity index (χ2v) is 6.30. The molecule has 21 heavy (non-hydrogen) atoms. The number of aliphatic carboxylic acids is 1. The third-order valence-electron chi connectivity index (χ3n) is 3.50. The molecular formula is C14H15BrClNO4. The summed E-state index contributed by atoms with van der Waals surface area (Å²) in [7, 11) is 0. The van der Waals surface area contributed by atoms with Crippen molar-refractivity contribution in [3.05, 3.63) is 27.7 Å². The third-order valence-corrected chi connectivity index (χ3v) is 4.35. The summed E-state index contributed by atoms with van der Waals surface area (Å²) in [6, 6.07) is 4.95. The fourth-order valence-electron chi connectivity index (χ4n) is 2.41. The molecule has 1 aliphatic rings. The van der Waals surface area contributed by atoms with E-state index in [1.54, 1.807) is 18.2 Å². The third kappa shape index (κ3) is 3.89. The highest BCUT2D eigenvalue weighted by Crippen LogP contribution is 2.30. The fourth-order valence-corrected chi connectivity index (χ4v) is 3.21. The van der Waals surface area contributed by atoms with Crippen molar-refractivity contribution in [2.45, 2.75) is 31.2 Å². The van der Waals surface area contributed by atoms with Gasteiger partial charge in [0.05, 0.1) is 4.47 Å². The molecule has 1 fully saturated rings. The first-order chi connectivity index (χ1) is 9.93. The Morgan fingerprint density at radius 1 is 1.38 bits per heavy atom. The second-order valence-electron chi connectivity index (χ2n) is 5.01. The summed E-state index contributed by atoms with van der Waals surface area (Å²) >= 11 is 9.10. The first-order valence-electron chi connectivity index (χ1n) is 6.55. The van der Waals surface area contributed by atoms with Gasteiger partial charge in [0.15, 0.2) is 6.61 Å². The van der Waals surface area contributed by atoms with Crippen molar-refractivity contribution >= 4 is 39.4 Å². The van der Waals surface area contributed by atoms with Crippen molar-refractivity contribution in [3.63, 3.8) is 0 Å². The van der Waals surface area contributed by atoms with E-state index in [1.807, 2.05) is 0 Å². The number of carboxylic acid groups (broad SMARTS) is 1. The Balaban J connectivity index is 1.94. The predicted molar refractivity (Wildman–Crippen MR) is 81.6 cm³/mol. The van der Waals surface area contributed by atoms with Gasteiger partial charge in [0.25, 0.3) is 5.91 Å². The van der Waals surface area contributed by atoms with Gasteiger partial charge in [-0.2, -0.15) is 0 Å². The Bertz CT molecular complexity index is 558. The van der Waals surface area contributed by atoms with Crippen molar-refractivity contribution in [2.24, 2.45) is 0 Å². The standard InChI is InChI=1S/C14H15BrClNO4/c15-10-7-9(16)3-4-11(10)21-8-12(18)17-14(13(19)20)5-1-2-6-14/h3-4,7H,1-2,5-6,8H2,(H,17,18)(H,19,20). The molecule has 1 aromatic rings. The zero-order valence-electron chi connectivity index (χ0n) is 11.2. The van der Waals surface area contributed by atoms with Gasteiger partial charge in [-0.15, -0.1) is 0 Å². The number of nitrogens with one attached hydrogen (secondary N) is 1. The zero-order valence-corrected chi connectivity index (χ0v) is 13.5. The molecule has 0 saturated heterocycles. The SMILES string of the molecule is O=C(COc1ccc(Cl)cc1Br)NC1(C(=O)O)CCCC1. The van der Waals surface area contributed by atoms with Crippen LogP contribution >= 0.6 is 27.5 Å². The summed E-state index contributed by atoms with van der Waals surface area (Å²) in [6.07, 6.45) is 2.52. The largest absolute Gasteiger partial charge is 0.483 e. The van der Waals surface area contributed by atoms with Gasteiger partial charge in [0.2, 0.25) is 0 Å². The first kappa shape index (κ1) is 16.1. The molecule has 2 rings (SSSR count). The Morgan fingerprint density at radius 3 is 2.62 bits per heavy atom. The maximum Gasteiger partial charge on any atom is 0.329 e. The Morgan fingerprint density at radius 2 is 2.05 bits per heavy atom. The molecule has 2 N–H and O–H groups in total. The van der Waals surface area contributed by atoms with Crippen LogP contribution in [0.3, 0.4) is 0 Å². The summed E-state index contributed by atoms with van der Waals surface area (Å²) in [5.74, 6) is -0.951. The number of ether oxygens (including phenoxy) is 1. The molecule has 1 saturated carbocycles. The lowest BCUT2D eigenvalue weighted by atomic mass is 9.98. The number of carboxylic acids is 1. The van der Waals surface area contributed by atoms with Gasteiger partial charge in [0, 0.05) is 5.02 Å². The molecule has 0 aromatic heterocycles. The molecule has 1 amide bonds. The number of carbonyl (C=O) groups is 2. The van der Waals surface area contributed by atoms with Gasteiger partial charge in [-0.25, -0.2) is 4.79 Å². The highest BCUT2D eigenvalue weighted by Gasteiger charge is 2.42. The predicted octanol–water partition coefficient (Wildman–Crippen LogP) is 2.99. The summed E-state index contributed by atoms with van der Waals surface area (Å²) < 4.78 is 6.01. The molecule has 0 bridgehead atoms. The summed E-state index contributed by atoms with van der Waals surface area (Å²) in [6.45, 7) is -0.241. The van der Waals surface area contributed by atoms with E-state index < -0.39 is 17.4 Å². The summed E-state index contributed by atoms with van der Waals surface area (Å²) in [5, 5.41) is 12.4. The van der Waals surface area contributed by atoms with Crippen LogP contribution in [0.15, 0.2) is 22.7 Å². The van der Waals surface area contributed by atoms with E-state index in [-0.39, 0.29) is 6.61 Å². The smallest absolute Gasteiger partial charge is 0.329 e. The minimum atomic E-state index is -1.14. The fraction of sp³-hybridized carbons (Fsp3) is 0.429. The maximum absolute atomic E-state index is 11.9. The van der Waals surface area contributed by atoms with Crippen LogP contribution in [0, 0.1) is 0 Å². The molecule has 1 aromatic carbocycles. The molecule has 0 radical (unpaired) electrons. The van der Waals surface area contributed by atoms with Gasteiger partial charge < -0.3 is 15.2 Å². The average Bonchev–Trinajstić information content (AvgIpc) is 2.87. The topological polar surface area (TPSA) is 75.6 Å². The lowest BCUT2D eigenvalue weighted by molar-refractivity contribution is -0.147. The van der Waals surface area contributed by atoms with Crippen molar-refractivity contribution in [1.29, 1.82) is 0 Å². The van der Waals surface area contributed by atoms with Crippen LogP contribution in [-0.2, 0) is 9.59 Å². The molecule has 0 unspecified atom stereocenters. The maximum atomic E-state index is 11.9. The van der Waals surface area contributed by atoms with E-state index >= 15 is 0 Å². The molecule has 0 atom stereocenters. The molecule has 0 spiro atoms. The lowest BCUT2D eigenvalue weighted by Crippen LogP contribution is -2.53. The van der Waals surface area contributed by atoms with Gasteiger partial charge in [-0.3, -0.25) is 4.79 Å². The number of amides is 1. The van der Waals surface area contributed by atoms with Gasteiger partial charge in [0.1, 0.15) is 11.3 Å². The molecule has 0 aliphatic heterocycles. The van der Waals surface area contributed by atoms with E-state index in [4.69, 9.17) is 16.3 Å². The zero-order chi connectivity index (χ0) is 15.5. The van der Waals surface area contributed by atoms with Crippen molar-refractivity contribution < 1.29 is 19.4 Å². The number of hydrogen-bond acceptors (Lipinski definition) is 3. The van der Waals surface area contributed by atoms with E-state index in [2.05, 4.69) is 21.2 Å². The van der Waals surface area contributed by atoms with Crippen LogP contribution in [0.4, 0.5) is 0 Å².